The number of rotatable bonds is 1. The topological polar surface area (TPSA) is 29.5 Å². The zero-order chi connectivity index (χ0) is 11.7. The predicted molar refractivity (Wildman–Crippen MR) is 66.1 cm³/mol. The lowest BCUT2D eigenvalue weighted by Gasteiger charge is -2.22. The summed E-state index contributed by atoms with van der Waals surface area (Å²) >= 11 is 0. The first-order valence-corrected chi connectivity index (χ1v) is 6.41. The molecule has 1 saturated heterocycles. The van der Waals surface area contributed by atoms with Crippen LogP contribution in [0, 0.1) is 0 Å². The van der Waals surface area contributed by atoms with Crippen LogP contribution >= 0.6 is 0 Å². The number of anilines is 1. The first-order valence-electron chi connectivity index (χ1n) is 6.41. The van der Waals surface area contributed by atoms with E-state index in [4.69, 9.17) is 4.74 Å². The van der Waals surface area contributed by atoms with Crippen LogP contribution in [0.25, 0.3) is 0 Å². The van der Waals surface area contributed by atoms with Crippen molar-refractivity contribution in [2.45, 2.75) is 44.2 Å². The maximum atomic E-state index is 12.0. The number of ether oxygens (including phenoxy) is 1. The van der Waals surface area contributed by atoms with E-state index in [0.717, 1.165) is 18.5 Å². The highest BCUT2D eigenvalue weighted by Gasteiger charge is 2.42. The summed E-state index contributed by atoms with van der Waals surface area (Å²) in [6, 6.07) is 10.1. The van der Waals surface area contributed by atoms with Crippen molar-refractivity contribution in [3.05, 3.63) is 30.3 Å². The fourth-order valence-electron chi connectivity index (χ4n) is 2.89. The summed E-state index contributed by atoms with van der Waals surface area (Å²) in [6.07, 6.45) is 5.63. The van der Waals surface area contributed by atoms with Gasteiger partial charge in [0.15, 0.2) is 0 Å². The summed E-state index contributed by atoms with van der Waals surface area (Å²) < 4.78 is 5.50. The Morgan fingerprint density at radius 3 is 2.65 bits per heavy atom. The largest absolute Gasteiger partial charge is 0.444 e. The molecule has 1 aliphatic carbocycles. The van der Waals surface area contributed by atoms with Crippen molar-refractivity contribution < 1.29 is 9.53 Å². The summed E-state index contributed by atoms with van der Waals surface area (Å²) in [5, 5.41) is 0. The molecule has 3 rings (SSSR count). The highest BCUT2D eigenvalue weighted by Crippen LogP contribution is 2.34. The molecule has 0 bridgehead atoms. The van der Waals surface area contributed by atoms with Crippen molar-refractivity contribution in [1.29, 1.82) is 0 Å². The lowest BCUT2D eigenvalue weighted by atomic mass is 10.1. The van der Waals surface area contributed by atoms with E-state index >= 15 is 0 Å². The monoisotopic (exact) mass is 231 g/mol. The van der Waals surface area contributed by atoms with Gasteiger partial charge in [-0.1, -0.05) is 31.0 Å². The molecule has 2 atom stereocenters. The third kappa shape index (κ3) is 1.90. The Balaban J connectivity index is 1.90. The van der Waals surface area contributed by atoms with Crippen LogP contribution in [0.1, 0.15) is 32.1 Å². The third-order valence-corrected chi connectivity index (χ3v) is 3.73. The van der Waals surface area contributed by atoms with Gasteiger partial charge in [-0.3, -0.25) is 4.90 Å². The van der Waals surface area contributed by atoms with Crippen LogP contribution in [0.5, 0.6) is 0 Å². The Morgan fingerprint density at radius 2 is 1.82 bits per heavy atom. The molecule has 90 valence electrons. The molecular formula is C14H17NO2. The molecule has 3 heteroatoms. The Labute approximate surface area is 101 Å². The van der Waals surface area contributed by atoms with Gasteiger partial charge in [-0.2, -0.15) is 0 Å². The van der Waals surface area contributed by atoms with Crippen molar-refractivity contribution in [2.24, 2.45) is 0 Å². The number of carbonyl (C=O) groups excluding carboxylic acids is 1. The molecule has 0 unspecified atom stereocenters. The van der Waals surface area contributed by atoms with Crippen LogP contribution in [0.4, 0.5) is 10.5 Å². The van der Waals surface area contributed by atoms with E-state index < -0.39 is 0 Å². The number of hydrogen-bond acceptors (Lipinski definition) is 2. The molecule has 17 heavy (non-hydrogen) atoms. The van der Waals surface area contributed by atoms with Crippen LogP contribution in [0.15, 0.2) is 30.3 Å². The van der Waals surface area contributed by atoms with Gasteiger partial charge in [-0.05, 0) is 31.4 Å². The molecule has 1 amide bonds. The van der Waals surface area contributed by atoms with Gasteiger partial charge in [-0.25, -0.2) is 4.79 Å². The smallest absolute Gasteiger partial charge is 0.415 e. The Hall–Kier alpha value is -1.51. The molecule has 1 heterocycles. The number of para-hydroxylation sites is 1. The van der Waals surface area contributed by atoms with E-state index in [1.165, 1.54) is 19.3 Å². The average Bonchev–Trinajstić information content (AvgIpc) is 2.52. The van der Waals surface area contributed by atoms with Gasteiger partial charge in [0, 0.05) is 5.69 Å². The summed E-state index contributed by atoms with van der Waals surface area (Å²) in [5.41, 5.74) is 0.965. The van der Waals surface area contributed by atoms with E-state index in [2.05, 4.69) is 0 Å². The minimum atomic E-state index is -0.173. The third-order valence-electron chi connectivity index (χ3n) is 3.73. The van der Waals surface area contributed by atoms with Crippen LogP contribution in [0.2, 0.25) is 0 Å². The number of carbonyl (C=O) groups is 1. The van der Waals surface area contributed by atoms with Gasteiger partial charge in [-0.15, -0.1) is 0 Å². The van der Waals surface area contributed by atoms with Crippen LogP contribution in [0.3, 0.4) is 0 Å². The Morgan fingerprint density at radius 1 is 1.06 bits per heavy atom. The molecule has 1 aromatic rings. The van der Waals surface area contributed by atoms with E-state index in [0.29, 0.717) is 0 Å². The summed E-state index contributed by atoms with van der Waals surface area (Å²) in [7, 11) is 0. The number of amides is 1. The van der Waals surface area contributed by atoms with Gasteiger partial charge >= 0.3 is 6.09 Å². The zero-order valence-corrected chi connectivity index (χ0v) is 9.84. The first-order chi connectivity index (χ1) is 8.36. The van der Waals surface area contributed by atoms with Crippen molar-refractivity contribution >= 4 is 11.8 Å². The molecule has 0 aromatic heterocycles. The van der Waals surface area contributed by atoms with Crippen molar-refractivity contribution in [3.63, 3.8) is 0 Å². The predicted octanol–water partition coefficient (Wildman–Crippen LogP) is 3.34. The zero-order valence-electron chi connectivity index (χ0n) is 9.84. The highest BCUT2D eigenvalue weighted by molar-refractivity contribution is 5.90. The maximum absolute atomic E-state index is 12.0. The van der Waals surface area contributed by atoms with Crippen molar-refractivity contribution in [2.75, 3.05) is 4.90 Å². The molecule has 1 aliphatic heterocycles. The second-order valence-electron chi connectivity index (χ2n) is 4.83. The van der Waals surface area contributed by atoms with E-state index in [1.807, 2.05) is 35.2 Å². The van der Waals surface area contributed by atoms with Gasteiger partial charge in [0.25, 0.3) is 0 Å². The van der Waals surface area contributed by atoms with Crippen LogP contribution in [-0.4, -0.2) is 18.2 Å². The molecule has 0 N–H and O–H groups in total. The molecule has 0 radical (unpaired) electrons. The normalized spacial score (nSPS) is 28.5. The summed E-state index contributed by atoms with van der Waals surface area (Å²) in [5.74, 6) is 0. The van der Waals surface area contributed by atoms with E-state index in [1.54, 1.807) is 0 Å². The lowest BCUT2D eigenvalue weighted by molar-refractivity contribution is 0.127. The molecule has 0 spiro atoms. The number of nitrogens with zero attached hydrogens (tertiary/aromatic N) is 1. The minimum absolute atomic E-state index is 0.102. The first kappa shape index (κ1) is 10.6. The minimum Gasteiger partial charge on any atom is -0.444 e. The van der Waals surface area contributed by atoms with Crippen molar-refractivity contribution in [1.82, 2.24) is 0 Å². The lowest BCUT2D eigenvalue weighted by Crippen LogP contribution is -2.36. The van der Waals surface area contributed by atoms with Gasteiger partial charge in [0.2, 0.25) is 0 Å². The van der Waals surface area contributed by atoms with Gasteiger partial charge in [0.1, 0.15) is 6.10 Å². The summed E-state index contributed by atoms with van der Waals surface area (Å²) in [4.78, 5) is 13.8. The van der Waals surface area contributed by atoms with Crippen LogP contribution in [-0.2, 0) is 4.74 Å². The molecule has 2 aliphatic rings. The maximum Gasteiger partial charge on any atom is 0.415 e. The average molecular weight is 231 g/mol. The number of benzene rings is 1. The van der Waals surface area contributed by atoms with Gasteiger partial charge in [0.05, 0.1) is 6.04 Å². The summed E-state index contributed by atoms with van der Waals surface area (Å²) in [6.45, 7) is 0. The van der Waals surface area contributed by atoms with Crippen molar-refractivity contribution in [3.8, 4) is 0 Å². The molecule has 3 nitrogen and oxygen atoms in total. The second kappa shape index (κ2) is 4.40. The standard InChI is InChI=1S/C14H17NO2/c16-14-15(11-7-3-1-4-8-11)12-9-5-2-6-10-13(12)17-14/h1,3-4,7-8,12-13H,2,5-6,9-10H2/t12-,13+/m0/s1. The molecular weight excluding hydrogens is 214 g/mol. The Bertz CT molecular complexity index is 404. The van der Waals surface area contributed by atoms with E-state index in [-0.39, 0.29) is 18.2 Å². The fourth-order valence-corrected chi connectivity index (χ4v) is 2.89. The van der Waals surface area contributed by atoms with Crippen LogP contribution < -0.4 is 4.90 Å². The Kier molecular flexibility index (Phi) is 2.75. The van der Waals surface area contributed by atoms with Gasteiger partial charge < -0.3 is 4.74 Å². The number of fused-ring (bicyclic) bond motifs is 1. The fraction of sp³-hybridized carbons (Fsp3) is 0.500. The number of hydrogen-bond donors (Lipinski definition) is 0. The molecule has 1 saturated carbocycles. The second-order valence-corrected chi connectivity index (χ2v) is 4.83. The highest BCUT2D eigenvalue weighted by atomic mass is 16.6. The quantitative estimate of drug-likeness (QED) is 0.741. The molecule has 1 aromatic carbocycles. The SMILES string of the molecule is O=C1O[C@@H]2CCCCC[C@@H]2N1c1ccccc1. The van der Waals surface area contributed by atoms with E-state index in [9.17, 15) is 4.79 Å². The molecule has 2 fully saturated rings.